The minimum atomic E-state index is -0.300. The highest BCUT2D eigenvalue weighted by Gasteiger charge is 2.15. The largest absolute Gasteiger partial charge is 0.324 e. The summed E-state index contributed by atoms with van der Waals surface area (Å²) in [4.78, 5) is 0. The molecule has 1 aromatic heterocycles. The summed E-state index contributed by atoms with van der Waals surface area (Å²) in [5.74, 6) is -0.300. The molecule has 0 fully saturated rings. The van der Waals surface area contributed by atoms with Crippen molar-refractivity contribution < 1.29 is 4.39 Å². The zero-order chi connectivity index (χ0) is 12.6. The summed E-state index contributed by atoms with van der Waals surface area (Å²) in [6.45, 7) is 5.62. The smallest absolute Gasteiger partial charge is 0.149 e. The van der Waals surface area contributed by atoms with E-state index < -0.39 is 0 Å². The first-order valence-electron chi connectivity index (χ1n) is 5.58. The van der Waals surface area contributed by atoms with E-state index in [0.29, 0.717) is 5.69 Å². The molecule has 0 radical (unpaired) electrons. The van der Waals surface area contributed by atoms with E-state index in [9.17, 15) is 4.39 Å². The van der Waals surface area contributed by atoms with Gasteiger partial charge in [-0.3, -0.25) is 0 Å². The fraction of sp³-hybridized carbons (Fsp3) is 0.308. The Morgan fingerprint density at radius 3 is 2.59 bits per heavy atom. The van der Waals surface area contributed by atoms with Gasteiger partial charge >= 0.3 is 0 Å². The average Bonchev–Trinajstić information content (AvgIpc) is 2.57. The highest BCUT2D eigenvalue weighted by molar-refractivity contribution is 5.44. The maximum atomic E-state index is 14.0. The third kappa shape index (κ3) is 2.08. The van der Waals surface area contributed by atoms with E-state index in [1.807, 2.05) is 32.9 Å². The quantitative estimate of drug-likeness (QED) is 0.866. The number of halogens is 1. The normalized spacial score (nSPS) is 12.8. The van der Waals surface area contributed by atoms with Gasteiger partial charge in [0.25, 0.3) is 0 Å². The lowest BCUT2D eigenvalue weighted by molar-refractivity contribution is 0.599. The zero-order valence-corrected chi connectivity index (χ0v) is 10.2. The highest BCUT2D eigenvalue weighted by Crippen LogP contribution is 2.24. The summed E-state index contributed by atoms with van der Waals surface area (Å²) >= 11 is 0. The van der Waals surface area contributed by atoms with Crippen molar-refractivity contribution in [2.45, 2.75) is 26.8 Å². The molecule has 0 saturated heterocycles. The second-order valence-electron chi connectivity index (χ2n) is 4.31. The van der Waals surface area contributed by atoms with Crippen LogP contribution in [0.1, 0.15) is 29.9 Å². The molecule has 0 bridgehead atoms. The van der Waals surface area contributed by atoms with Gasteiger partial charge in [-0.15, -0.1) is 0 Å². The van der Waals surface area contributed by atoms with Crippen LogP contribution in [0.3, 0.4) is 0 Å². The molecular weight excluding hydrogens is 217 g/mol. The number of rotatable bonds is 2. The molecule has 0 spiro atoms. The number of benzene rings is 1. The SMILES string of the molecule is Cc1cc(C)n(-c2c(F)cccc2[C@@H](C)N)n1. The first kappa shape index (κ1) is 11.8. The van der Waals surface area contributed by atoms with Gasteiger partial charge in [0.1, 0.15) is 11.5 Å². The Bertz CT molecular complexity index is 544. The van der Waals surface area contributed by atoms with Gasteiger partial charge in [-0.2, -0.15) is 5.10 Å². The molecule has 4 heteroatoms. The fourth-order valence-electron chi connectivity index (χ4n) is 1.98. The molecule has 0 unspecified atom stereocenters. The molecule has 90 valence electrons. The zero-order valence-electron chi connectivity index (χ0n) is 10.2. The summed E-state index contributed by atoms with van der Waals surface area (Å²) in [6, 6.07) is 6.61. The van der Waals surface area contributed by atoms with Crippen LogP contribution in [0.15, 0.2) is 24.3 Å². The Morgan fingerprint density at radius 2 is 2.06 bits per heavy atom. The third-order valence-corrected chi connectivity index (χ3v) is 2.73. The van der Waals surface area contributed by atoms with Crippen LogP contribution in [0.25, 0.3) is 5.69 Å². The maximum Gasteiger partial charge on any atom is 0.149 e. The van der Waals surface area contributed by atoms with Gasteiger partial charge in [0, 0.05) is 11.7 Å². The lowest BCUT2D eigenvalue weighted by atomic mass is 10.1. The van der Waals surface area contributed by atoms with Crippen LogP contribution < -0.4 is 5.73 Å². The lowest BCUT2D eigenvalue weighted by Gasteiger charge is -2.14. The Morgan fingerprint density at radius 1 is 1.35 bits per heavy atom. The fourth-order valence-corrected chi connectivity index (χ4v) is 1.98. The molecule has 1 aromatic carbocycles. The van der Waals surface area contributed by atoms with Gasteiger partial charge in [-0.05, 0) is 38.5 Å². The van der Waals surface area contributed by atoms with E-state index in [0.717, 1.165) is 17.0 Å². The molecule has 0 amide bonds. The van der Waals surface area contributed by atoms with E-state index in [4.69, 9.17) is 5.73 Å². The van der Waals surface area contributed by atoms with Crippen LogP contribution in [-0.2, 0) is 0 Å². The van der Waals surface area contributed by atoms with Crippen molar-refractivity contribution in [2.24, 2.45) is 5.73 Å². The number of hydrogen-bond acceptors (Lipinski definition) is 2. The number of aromatic nitrogens is 2. The van der Waals surface area contributed by atoms with Gasteiger partial charge in [-0.25, -0.2) is 9.07 Å². The van der Waals surface area contributed by atoms with E-state index in [2.05, 4.69) is 5.10 Å². The molecule has 2 N–H and O–H groups in total. The summed E-state index contributed by atoms with van der Waals surface area (Å²) in [6.07, 6.45) is 0. The van der Waals surface area contributed by atoms with Gasteiger partial charge < -0.3 is 5.73 Å². The molecule has 0 aliphatic rings. The Balaban J connectivity index is 2.69. The van der Waals surface area contributed by atoms with E-state index >= 15 is 0 Å². The van der Waals surface area contributed by atoms with Crippen LogP contribution in [-0.4, -0.2) is 9.78 Å². The number of nitrogens with two attached hydrogens (primary N) is 1. The van der Waals surface area contributed by atoms with Gasteiger partial charge in [-0.1, -0.05) is 12.1 Å². The van der Waals surface area contributed by atoms with Crippen molar-refractivity contribution in [3.8, 4) is 5.69 Å². The molecule has 1 heterocycles. The first-order chi connectivity index (χ1) is 8.00. The maximum absolute atomic E-state index is 14.0. The van der Waals surface area contributed by atoms with Crippen molar-refractivity contribution in [3.05, 3.63) is 47.0 Å². The summed E-state index contributed by atoms with van der Waals surface area (Å²) in [7, 11) is 0. The van der Waals surface area contributed by atoms with Crippen molar-refractivity contribution in [2.75, 3.05) is 0 Å². The van der Waals surface area contributed by atoms with Crippen LogP contribution in [0.2, 0.25) is 0 Å². The number of para-hydroxylation sites is 1. The van der Waals surface area contributed by atoms with E-state index in [1.165, 1.54) is 6.07 Å². The topological polar surface area (TPSA) is 43.8 Å². The molecular formula is C13H16FN3. The van der Waals surface area contributed by atoms with Crippen molar-refractivity contribution >= 4 is 0 Å². The molecule has 0 aliphatic carbocycles. The van der Waals surface area contributed by atoms with Crippen LogP contribution >= 0.6 is 0 Å². The van der Waals surface area contributed by atoms with Crippen molar-refractivity contribution in [1.82, 2.24) is 9.78 Å². The average molecular weight is 233 g/mol. The number of nitrogens with zero attached hydrogens (tertiary/aromatic N) is 2. The van der Waals surface area contributed by atoms with Gasteiger partial charge in [0.05, 0.1) is 5.69 Å². The van der Waals surface area contributed by atoms with Crippen LogP contribution in [0.5, 0.6) is 0 Å². The lowest BCUT2D eigenvalue weighted by Crippen LogP contribution is -2.13. The standard InChI is InChI=1S/C13H16FN3/c1-8-7-9(2)17(16-8)13-11(10(3)15)5-4-6-12(13)14/h4-7,10H,15H2,1-3H3/t10-/m1/s1. The molecule has 17 heavy (non-hydrogen) atoms. The van der Waals surface area contributed by atoms with Crippen molar-refractivity contribution in [3.63, 3.8) is 0 Å². The van der Waals surface area contributed by atoms with Crippen LogP contribution in [0.4, 0.5) is 4.39 Å². The Hall–Kier alpha value is -1.68. The van der Waals surface area contributed by atoms with E-state index in [-0.39, 0.29) is 11.9 Å². The summed E-state index contributed by atoms with van der Waals surface area (Å²) in [5.41, 5.74) is 8.84. The Kier molecular flexibility index (Phi) is 2.98. The molecule has 3 nitrogen and oxygen atoms in total. The monoisotopic (exact) mass is 233 g/mol. The minimum absolute atomic E-state index is 0.232. The van der Waals surface area contributed by atoms with Gasteiger partial charge in [0.2, 0.25) is 0 Å². The predicted molar refractivity (Wildman–Crippen MR) is 65.6 cm³/mol. The summed E-state index contributed by atoms with van der Waals surface area (Å²) in [5, 5.41) is 4.31. The third-order valence-electron chi connectivity index (χ3n) is 2.73. The molecule has 2 rings (SSSR count). The molecule has 0 saturated carbocycles. The van der Waals surface area contributed by atoms with Crippen molar-refractivity contribution in [1.29, 1.82) is 0 Å². The molecule has 0 aliphatic heterocycles. The molecule has 1 atom stereocenters. The highest BCUT2D eigenvalue weighted by atomic mass is 19.1. The second-order valence-corrected chi connectivity index (χ2v) is 4.31. The predicted octanol–water partition coefficient (Wildman–Crippen LogP) is 2.65. The Labute approximate surface area is 100 Å². The summed E-state index contributed by atoms with van der Waals surface area (Å²) < 4.78 is 15.6. The number of hydrogen-bond donors (Lipinski definition) is 1. The van der Waals surface area contributed by atoms with Crippen LogP contribution in [0, 0.1) is 19.7 Å². The molecule has 2 aromatic rings. The minimum Gasteiger partial charge on any atom is -0.324 e. The first-order valence-corrected chi connectivity index (χ1v) is 5.58. The number of aryl methyl sites for hydroxylation is 2. The second kappa shape index (κ2) is 4.30. The van der Waals surface area contributed by atoms with Gasteiger partial charge in [0.15, 0.2) is 0 Å². The van der Waals surface area contributed by atoms with E-state index in [1.54, 1.807) is 10.7 Å².